The van der Waals surface area contributed by atoms with E-state index in [1.165, 1.54) is 25.3 Å². The van der Waals surface area contributed by atoms with Crippen LogP contribution in [0.25, 0.3) is 0 Å². The molecule has 0 atom stereocenters. The summed E-state index contributed by atoms with van der Waals surface area (Å²) in [5, 5.41) is 9.72. The summed E-state index contributed by atoms with van der Waals surface area (Å²) in [5.74, 6) is -0.886. The third-order valence-electron chi connectivity index (χ3n) is 3.44. The second-order valence-electron chi connectivity index (χ2n) is 5.20. The molecule has 1 N–H and O–H groups in total. The molecule has 5 nitrogen and oxygen atoms in total. The maximum Gasteiger partial charge on any atom is 0.342 e. The molecule has 0 aliphatic rings. The van der Waals surface area contributed by atoms with E-state index in [-0.39, 0.29) is 23.7 Å². The Morgan fingerprint density at radius 3 is 2.43 bits per heavy atom. The Morgan fingerprint density at radius 2 is 1.78 bits per heavy atom. The Bertz CT molecular complexity index is 749. The Morgan fingerprint density at radius 1 is 1.04 bits per heavy atom. The molecule has 0 heterocycles. The number of aryl methyl sites for hydroxylation is 2. The normalized spacial score (nSPS) is 10.2. The molecule has 0 aliphatic heterocycles. The largest absolute Gasteiger partial charge is 0.507 e. The van der Waals surface area contributed by atoms with Crippen LogP contribution in [0.2, 0.25) is 0 Å². The predicted octanol–water partition coefficient (Wildman–Crippen LogP) is 3.06. The number of Topliss-reactive ketones (excluding diaryl/α,β-unsaturated/α-hetero) is 1. The first-order valence-electron chi connectivity index (χ1n) is 7.07. The van der Waals surface area contributed by atoms with Gasteiger partial charge in [0.05, 0.1) is 7.11 Å². The molecular formula is C18H18O5. The molecule has 23 heavy (non-hydrogen) atoms. The molecule has 0 amide bonds. The summed E-state index contributed by atoms with van der Waals surface area (Å²) in [6.07, 6.45) is 0. The van der Waals surface area contributed by atoms with Crippen molar-refractivity contribution in [2.24, 2.45) is 0 Å². The van der Waals surface area contributed by atoms with Gasteiger partial charge in [-0.15, -0.1) is 0 Å². The SMILES string of the molecule is COc1ccc(O)c(C(=O)OCC(=O)c2ccc(C)cc2C)c1. The standard InChI is InChI=1S/C18H18O5/c1-11-4-6-14(12(2)8-11)17(20)10-23-18(21)15-9-13(22-3)5-7-16(15)19/h4-9,19H,10H2,1-3H3. The summed E-state index contributed by atoms with van der Waals surface area (Å²) in [5.41, 5.74) is 2.35. The molecule has 0 saturated heterocycles. The fraction of sp³-hybridized carbons (Fsp3) is 0.222. The van der Waals surface area contributed by atoms with E-state index in [1.54, 1.807) is 6.07 Å². The van der Waals surface area contributed by atoms with E-state index < -0.39 is 5.97 Å². The van der Waals surface area contributed by atoms with Gasteiger partial charge >= 0.3 is 5.97 Å². The summed E-state index contributed by atoms with van der Waals surface area (Å²) in [6, 6.07) is 9.65. The van der Waals surface area contributed by atoms with Crippen molar-refractivity contribution in [1.29, 1.82) is 0 Å². The van der Waals surface area contributed by atoms with E-state index in [4.69, 9.17) is 9.47 Å². The van der Waals surface area contributed by atoms with Gasteiger partial charge in [-0.05, 0) is 37.6 Å². The third kappa shape index (κ3) is 3.88. The van der Waals surface area contributed by atoms with Gasteiger partial charge in [-0.3, -0.25) is 4.79 Å². The number of ketones is 1. The molecule has 2 rings (SSSR count). The molecule has 0 fully saturated rings. The van der Waals surface area contributed by atoms with E-state index in [0.717, 1.165) is 11.1 Å². The molecule has 0 unspecified atom stereocenters. The number of carbonyl (C=O) groups excluding carboxylic acids is 2. The maximum atomic E-state index is 12.2. The average molecular weight is 314 g/mol. The number of benzene rings is 2. The van der Waals surface area contributed by atoms with E-state index in [0.29, 0.717) is 11.3 Å². The Labute approximate surface area is 134 Å². The molecule has 0 bridgehead atoms. The number of methoxy groups -OCH3 is 1. The van der Waals surface area contributed by atoms with E-state index in [9.17, 15) is 14.7 Å². The Kier molecular flexibility index (Phi) is 5.01. The fourth-order valence-electron chi connectivity index (χ4n) is 2.22. The zero-order valence-electron chi connectivity index (χ0n) is 13.3. The van der Waals surface area contributed by atoms with Gasteiger partial charge in [0.2, 0.25) is 5.78 Å². The molecule has 2 aromatic carbocycles. The first-order valence-corrected chi connectivity index (χ1v) is 7.07. The second-order valence-corrected chi connectivity index (χ2v) is 5.20. The van der Waals surface area contributed by atoms with Gasteiger partial charge in [-0.1, -0.05) is 23.8 Å². The average Bonchev–Trinajstić information content (AvgIpc) is 2.52. The highest BCUT2D eigenvalue weighted by Crippen LogP contribution is 2.23. The molecule has 0 radical (unpaired) electrons. The van der Waals surface area contributed by atoms with Crippen LogP contribution < -0.4 is 4.74 Å². The van der Waals surface area contributed by atoms with Crippen LogP contribution in [0.5, 0.6) is 11.5 Å². The molecule has 0 saturated carbocycles. The number of esters is 1. The zero-order chi connectivity index (χ0) is 17.0. The number of ether oxygens (including phenoxy) is 2. The van der Waals surface area contributed by atoms with Gasteiger partial charge in [-0.25, -0.2) is 4.79 Å². The van der Waals surface area contributed by atoms with Crippen molar-refractivity contribution in [3.05, 3.63) is 58.7 Å². The van der Waals surface area contributed by atoms with Crippen LogP contribution in [-0.2, 0) is 4.74 Å². The van der Waals surface area contributed by atoms with Gasteiger partial charge < -0.3 is 14.6 Å². The van der Waals surface area contributed by atoms with Gasteiger partial charge in [-0.2, -0.15) is 0 Å². The van der Waals surface area contributed by atoms with Crippen molar-refractivity contribution in [2.45, 2.75) is 13.8 Å². The van der Waals surface area contributed by atoms with Crippen molar-refractivity contribution >= 4 is 11.8 Å². The van der Waals surface area contributed by atoms with Gasteiger partial charge in [0, 0.05) is 5.56 Å². The highest BCUT2D eigenvalue weighted by atomic mass is 16.5. The predicted molar refractivity (Wildman–Crippen MR) is 85.2 cm³/mol. The van der Waals surface area contributed by atoms with Crippen molar-refractivity contribution in [3.63, 3.8) is 0 Å². The van der Waals surface area contributed by atoms with E-state index in [2.05, 4.69) is 0 Å². The van der Waals surface area contributed by atoms with Crippen molar-refractivity contribution < 1.29 is 24.2 Å². The van der Waals surface area contributed by atoms with E-state index >= 15 is 0 Å². The summed E-state index contributed by atoms with van der Waals surface area (Å²) < 4.78 is 10.0. The lowest BCUT2D eigenvalue weighted by Crippen LogP contribution is -2.15. The molecule has 2 aromatic rings. The topological polar surface area (TPSA) is 72.8 Å². The summed E-state index contributed by atoms with van der Waals surface area (Å²) in [6.45, 7) is 3.38. The highest BCUT2D eigenvalue weighted by molar-refractivity contribution is 6.01. The molecule has 5 heteroatoms. The second kappa shape index (κ2) is 6.96. The lowest BCUT2D eigenvalue weighted by molar-refractivity contribution is 0.0471. The van der Waals surface area contributed by atoms with Gasteiger partial charge in [0.15, 0.2) is 6.61 Å². The fourth-order valence-corrected chi connectivity index (χ4v) is 2.22. The molecule has 0 spiro atoms. The van der Waals surface area contributed by atoms with Crippen LogP contribution in [0.4, 0.5) is 0 Å². The first kappa shape index (κ1) is 16.5. The number of phenolic OH excluding ortho intramolecular Hbond substituents is 1. The van der Waals surface area contributed by atoms with Crippen LogP contribution in [0.3, 0.4) is 0 Å². The third-order valence-corrected chi connectivity index (χ3v) is 3.44. The molecular weight excluding hydrogens is 296 g/mol. The van der Waals surface area contributed by atoms with Crippen LogP contribution in [0.1, 0.15) is 31.8 Å². The molecule has 0 aliphatic carbocycles. The van der Waals surface area contributed by atoms with Crippen molar-refractivity contribution in [1.82, 2.24) is 0 Å². The quantitative estimate of drug-likeness (QED) is 0.678. The monoisotopic (exact) mass is 314 g/mol. The minimum absolute atomic E-state index is 0.0437. The molecule has 0 aromatic heterocycles. The van der Waals surface area contributed by atoms with Crippen LogP contribution in [0, 0.1) is 13.8 Å². The number of hydrogen-bond donors (Lipinski definition) is 1. The smallest absolute Gasteiger partial charge is 0.342 e. The minimum atomic E-state index is -0.778. The minimum Gasteiger partial charge on any atom is -0.507 e. The number of hydrogen-bond acceptors (Lipinski definition) is 5. The molecule has 120 valence electrons. The van der Waals surface area contributed by atoms with Gasteiger partial charge in [0.1, 0.15) is 17.1 Å². The van der Waals surface area contributed by atoms with Gasteiger partial charge in [0.25, 0.3) is 0 Å². The first-order chi connectivity index (χ1) is 10.9. The maximum absolute atomic E-state index is 12.2. The van der Waals surface area contributed by atoms with Crippen molar-refractivity contribution in [2.75, 3.05) is 13.7 Å². The van der Waals surface area contributed by atoms with Crippen LogP contribution in [-0.4, -0.2) is 30.6 Å². The number of phenols is 1. The summed E-state index contributed by atoms with van der Waals surface area (Å²) in [4.78, 5) is 24.2. The Balaban J connectivity index is 2.08. The number of aromatic hydroxyl groups is 1. The zero-order valence-corrected chi connectivity index (χ0v) is 13.3. The van der Waals surface area contributed by atoms with Crippen LogP contribution in [0.15, 0.2) is 36.4 Å². The summed E-state index contributed by atoms with van der Waals surface area (Å²) in [7, 11) is 1.45. The Hall–Kier alpha value is -2.82. The number of rotatable bonds is 5. The van der Waals surface area contributed by atoms with E-state index in [1.807, 2.05) is 26.0 Å². The lowest BCUT2D eigenvalue weighted by Gasteiger charge is -2.09. The summed E-state index contributed by atoms with van der Waals surface area (Å²) >= 11 is 0. The van der Waals surface area contributed by atoms with Crippen LogP contribution >= 0.6 is 0 Å². The number of carbonyl (C=O) groups is 2. The lowest BCUT2D eigenvalue weighted by atomic mass is 10.0. The van der Waals surface area contributed by atoms with Crippen molar-refractivity contribution in [3.8, 4) is 11.5 Å². The highest BCUT2D eigenvalue weighted by Gasteiger charge is 2.17.